The molecule has 5 heteroatoms. The van der Waals surface area contributed by atoms with Crippen molar-refractivity contribution >= 4 is 5.97 Å². The number of carbonyl (C=O) groups excluding carboxylic acids is 1. The van der Waals surface area contributed by atoms with Crippen LogP contribution in [0.15, 0.2) is 18.2 Å². The number of benzene rings is 1. The summed E-state index contributed by atoms with van der Waals surface area (Å²) in [6.45, 7) is 1.06. The lowest BCUT2D eigenvalue weighted by Crippen LogP contribution is -2.03. The Kier molecular flexibility index (Phi) is 3.07. The first-order valence-electron chi connectivity index (χ1n) is 4.87. The van der Waals surface area contributed by atoms with E-state index in [0.717, 1.165) is 0 Å². The van der Waals surface area contributed by atoms with Gasteiger partial charge in [0.05, 0.1) is 20.3 Å². The SMILES string of the molecule is COC(=O)c1ccc(C2OCCO2)cc1O. The smallest absolute Gasteiger partial charge is 0.341 e. The number of hydrogen-bond donors (Lipinski definition) is 1. The van der Waals surface area contributed by atoms with Gasteiger partial charge in [-0.15, -0.1) is 0 Å². The summed E-state index contributed by atoms with van der Waals surface area (Å²) in [5.41, 5.74) is 0.812. The summed E-state index contributed by atoms with van der Waals surface area (Å²) in [5.74, 6) is -0.708. The Morgan fingerprint density at radius 1 is 1.44 bits per heavy atom. The van der Waals surface area contributed by atoms with Crippen molar-refractivity contribution in [1.29, 1.82) is 0 Å². The average molecular weight is 224 g/mol. The van der Waals surface area contributed by atoms with Gasteiger partial charge in [-0.05, 0) is 12.1 Å². The summed E-state index contributed by atoms with van der Waals surface area (Å²) < 4.78 is 15.1. The molecule has 1 N–H and O–H groups in total. The molecule has 1 aromatic carbocycles. The quantitative estimate of drug-likeness (QED) is 0.765. The van der Waals surface area contributed by atoms with Gasteiger partial charge in [0, 0.05) is 5.56 Å². The third kappa shape index (κ3) is 2.00. The molecule has 16 heavy (non-hydrogen) atoms. The number of phenols is 1. The second-order valence-electron chi connectivity index (χ2n) is 3.34. The molecule has 0 saturated carbocycles. The predicted octanol–water partition coefficient (Wildman–Crippen LogP) is 1.22. The molecular weight excluding hydrogens is 212 g/mol. The summed E-state index contributed by atoms with van der Waals surface area (Å²) >= 11 is 0. The van der Waals surface area contributed by atoms with E-state index in [0.29, 0.717) is 18.8 Å². The van der Waals surface area contributed by atoms with Gasteiger partial charge in [-0.1, -0.05) is 6.07 Å². The van der Waals surface area contributed by atoms with Gasteiger partial charge in [0.2, 0.25) is 0 Å². The van der Waals surface area contributed by atoms with Gasteiger partial charge in [-0.2, -0.15) is 0 Å². The van der Waals surface area contributed by atoms with E-state index in [1.54, 1.807) is 6.07 Å². The van der Waals surface area contributed by atoms with E-state index in [1.807, 2.05) is 0 Å². The zero-order valence-corrected chi connectivity index (χ0v) is 8.80. The van der Waals surface area contributed by atoms with Gasteiger partial charge in [0.1, 0.15) is 11.3 Å². The maximum Gasteiger partial charge on any atom is 0.341 e. The largest absolute Gasteiger partial charge is 0.507 e. The summed E-state index contributed by atoms with van der Waals surface area (Å²) in [5, 5.41) is 9.64. The van der Waals surface area contributed by atoms with Crippen molar-refractivity contribution in [3.8, 4) is 5.75 Å². The molecule has 2 rings (SSSR count). The number of methoxy groups -OCH3 is 1. The van der Waals surface area contributed by atoms with Crippen LogP contribution < -0.4 is 0 Å². The molecule has 5 nitrogen and oxygen atoms in total. The molecule has 1 aliphatic heterocycles. The van der Waals surface area contributed by atoms with Crippen molar-refractivity contribution in [3.05, 3.63) is 29.3 Å². The van der Waals surface area contributed by atoms with Crippen LogP contribution in [-0.4, -0.2) is 31.4 Å². The fraction of sp³-hybridized carbons (Fsp3) is 0.364. The zero-order valence-electron chi connectivity index (χ0n) is 8.80. The molecule has 1 aromatic rings. The minimum atomic E-state index is -0.572. The van der Waals surface area contributed by atoms with Crippen molar-refractivity contribution in [2.24, 2.45) is 0 Å². The predicted molar refractivity (Wildman–Crippen MR) is 54.1 cm³/mol. The maximum atomic E-state index is 11.2. The molecule has 0 aliphatic carbocycles. The molecule has 1 aliphatic rings. The van der Waals surface area contributed by atoms with E-state index >= 15 is 0 Å². The van der Waals surface area contributed by atoms with Crippen molar-refractivity contribution < 1.29 is 24.1 Å². The summed E-state index contributed by atoms with van der Waals surface area (Å²) in [6.07, 6.45) is -0.461. The summed E-state index contributed by atoms with van der Waals surface area (Å²) in [6, 6.07) is 4.60. The Morgan fingerprint density at radius 2 is 2.12 bits per heavy atom. The van der Waals surface area contributed by atoms with Crippen LogP contribution in [0.3, 0.4) is 0 Å². The molecule has 0 radical (unpaired) electrons. The molecular formula is C11H12O5. The zero-order chi connectivity index (χ0) is 11.5. The highest BCUT2D eigenvalue weighted by Crippen LogP contribution is 2.28. The van der Waals surface area contributed by atoms with E-state index < -0.39 is 12.3 Å². The number of aromatic hydroxyl groups is 1. The first kappa shape index (κ1) is 10.9. The standard InChI is InChI=1S/C11H12O5/c1-14-10(13)8-3-2-7(6-9(8)12)11-15-4-5-16-11/h2-3,6,11-12H,4-5H2,1H3. The molecule has 0 spiro atoms. The Bertz CT molecular complexity index is 395. The third-order valence-corrected chi connectivity index (χ3v) is 2.32. The Labute approximate surface area is 92.5 Å². The number of ether oxygens (including phenoxy) is 3. The number of rotatable bonds is 2. The topological polar surface area (TPSA) is 65.0 Å². The fourth-order valence-electron chi connectivity index (χ4n) is 1.53. The van der Waals surface area contributed by atoms with Crippen molar-refractivity contribution in [2.75, 3.05) is 20.3 Å². The highest BCUT2D eigenvalue weighted by Gasteiger charge is 2.20. The monoisotopic (exact) mass is 224 g/mol. The van der Waals surface area contributed by atoms with Crippen LogP contribution >= 0.6 is 0 Å². The van der Waals surface area contributed by atoms with Crippen LogP contribution in [0.5, 0.6) is 5.75 Å². The normalized spacial score (nSPS) is 16.3. The first-order valence-corrected chi connectivity index (χ1v) is 4.87. The maximum absolute atomic E-state index is 11.2. The molecule has 86 valence electrons. The fourth-order valence-corrected chi connectivity index (χ4v) is 1.53. The van der Waals surface area contributed by atoms with Crippen LogP contribution in [0.1, 0.15) is 22.2 Å². The first-order chi connectivity index (χ1) is 7.72. The van der Waals surface area contributed by atoms with Crippen LogP contribution in [0, 0.1) is 0 Å². The van der Waals surface area contributed by atoms with Gasteiger partial charge in [-0.25, -0.2) is 4.79 Å². The molecule has 0 amide bonds. The Morgan fingerprint density at radius 3 is 2.69 bits per heavy atom. The molecule has 0 aromatic heterocycles. The van der Waals surface area contributed by atoms with Crippen LogP contribution in [0.2, 0.25) is 0 Å². The third-order valence-electron chi connectivity index (χ3n) is 2.32. The van der Waals surface area contributed by atoms with Gasteiger partial charge in [-0.3, -0.25) is 0 Å². The Hall–Kier alpha value is -1.59. The van der Waals surface area contributed by atoms with E-state index in [1.165, 1.54) is 19.2 Å². The molecule has 0 bridgehead atoms. The van der Waals surface area contributed by atoms with E-state index in [4.69, 9.17) is 9.47 Å². The van der Waals surface area contributed by atoms with Gasteiger partial charge >= 0.3 is 5.97 Å². The molecule has 0 unspecified atom stereocenters. The lowest BCUT2D eigenvalue weighted by atomic mass is 10.1. The van der Waals surface area contributed by atoms with Crippen LogP contribution in [0.4, 0.5) is 0 Å². The number of esters is 1. The lowest BCUT2D eigenvalue weighted by Gasteiger charge is -2.10. The minimum absolute atomic E-state index is 0.129. The molecule has 1 heterocycles. The number of phenolic OH excluding ortho intramolecular Hbond substituents is 1. The second kappa shape index (κ2) is 4.51. The molecule has 1 fully saturated rings. The Balaban J connectivity index is 2.25. The number of carbonyl (C=O) groups is 1. The highest BCUT2D eigenvalue weighted by molar-refractivity contribution is 5.92. The van der Waals surface area contributed by atoms with Crippen LogP contribution in [0.25, 0.3) is 0 Å². The van der Waals surface area contributed by atoms with E-state index in [-0.39, 0.29) is 11.3 Å². The molecule has 1 saturated heterocycles. The number of hydrogen-bond acceptors (Lipinski definition) is 5. The summed E-state index contributed by atoms with van der Waals surface area (Å²) in [7, 11) is 1.26. The second-order valence-corrected chi connectivity index (χ2v) is 3.34. The average Bonchev–Trinajstić information content (AvgIpc) is 2.81. The lowest BCUT2D eigenvalue weighted by molar-refractivity contribution is -0.0442. The minimum Gasteiger partial charge on any atom is -0.507 e. The van der Waals surface area contributed by atoms with Crippen LogP contribution in [-0.2, 0) is 14.2 Å². The highest BCUT2D eigenvalue weighted by atomic mass is 16.7. The van der Waals surface area contributed by atoms with Gasteiger partial charge < -0.3 is 19.3 Å². The van der Waals surface area contributed by atoms with Gasteiger partial charge in [0.25, 0.3) is 0 Å². The molecule has 0 atom stereocenters. The van der Waals surface area contributed by atoms with E-state index in [9.17, 15) is 9.90 Å². The summed E-state index contributed by atoms with van der Waals surface area (Å²) in [4.78, 5) is 11.2. The van der Waals surface area contributed by atoms with E-state index in [2.05, 4.69) is 4.74 Å². The van der Waals surface area contributed by atoms with Gasteiger partial charge in [0.15, 0.2) is 6.29 Å². The van der Waals surface area contributed by atoms with Crippen molar-refractivity contribution in [3.63, 3.8) is 0 Å². The van der Waals surface area contributed by atoms with Crippen molar-refractivity contribution in [1.82, 2.24) is 0 Å². The van der Waals surface area contributed by atoms with Crippen molar-refractivity contribution in [2.45, 2.75) is 6.29 Å².